The van der Waals surface area contributed by atoms with Crippen LogP contribution in [0, 0.1) is 6.92 Å². The zero-order chi connectivity index (χ0) is 22.0. The van der Waals surface area contributed by atoms with E-state index >= 15 is 0 Å². The summed E-state index contributed by atoms with van der Waals surface area (Å²) in [6, 6.07) is 15.0. The van der Waals surface area contributed by atoms with E-state index in [9.17, 15) is 13.2 Å². The molecule has 0 spiro atoms. The molecule has 0 radical (unpaired) electrons. The molecule has 4 aromatic rings. The van der Waals surface area contributed by atoms with Gasteiger partial charge in [-0.3, -0.25) is 0 Å². The second kappa shape index (κ2) is 8.17. The molecule has 31 heavy (non-hydrogen) atoms. The van der Waals surface area contributed by atoms with Crippen LogP contribution in [0.5, 0.6) is 0 Å². The van der Waals surface area contributed by atoms with Crippen molar-refractivity contribution in [3.05, 3.63) is 76.9 Å². The van der Waals surface area contributed by atoms with Crippen molar-refractivity contribution >= 4 is 44.0 Å². The number of hydrogen-bond acceptors (Lipinski definition) is 8. The van der Waals surface area contributed by atoms with Gasteiger partial charge in [-0.15, -0.1) is 0 Å². The summed E-state index contributed by atoms with van der Waals surface area (Å²) in [6.45, 7) is 1.85. The van der Waals surface area contributed by atoms with Gasteiger partial charge in [0.15, 0.2) is 0 Å². The first-order valence-electron chi connectivity index (χ1n) is 9.28. The number of aromatic nitrogens is 2. The van der Waals surface area contributed by atoms with Gasteiger partial charge in [0.05, 0.1) is 4.90 Å². The Hall–Kier alpha value is -3.76. The van der Waals surface area contributed by atoms with E-state index < -0.39 is 15.6 Å². The van der Waals surface area contributed by atoms with Gasteiger partial charge in [0, 0.05) is 35.0 Å². The Labute approximate surface area is 178 Å². The first-order chi connectivity index (χ1) is 14.8. The maximum Gasteiger partial charge on any atom is 0.336 e. The third-order valence-electron chi connectivity index (χ3n) is 4.58. The van der Waals surface area contributed by atoms with E-state index in [0.717, 1.165) is 10.9 Å². The van der Waals surface area contributed by atoms with E-state index in [-0.39, 0.29) is 4.90 Å². The molecule has 9 nitrogen and oxygen atoms in total. The molecule has 0 bridgehead atoms. The van der Waals surface area contributed by atoms with Crippen LogP contribution in [0.2, 0.25) is 0 Å². The fourth-order valence-electron chi connectivity index (χ4n) is 3.05. The van der Waals surface area contributed by atoms with Gasteiger partial charge in [0.2, 0.25) is 10.0 Å². The number of anilines is 4. The normalized spacial score (nSPS) is 11.4. The molecule has 10 heteroatoms. The summed E-state index contributed by atoms with van der Waals surface area (Å²) in [7, 11) is -2.19. The minimum atomic E-state index is -3.55. The average Bonchev–Trinajstić information content (AvgIpc) is 2.74. The van der Waals surface area contributed by atoms with Crippen molar-refractivity contribution in [1.29, 1.82) is 0 Å². The molecular formula is C21H19N5O4S. The average molecular weight is 437 g/mol. The van der Waals surface area contributed by atoms with Crippen molar-refractivity contribution in [2.45, 2.75) is 11.8 Å². The highest BCUT2D eigenvalue weighted by Gasteiger charge is 2.12. The lowest BCUT2D eigenvalue weighted by Crippen LogP contribution is -2.18. The molecule has 0 saturated carbocycles. The Bertz CT molecular complexity index is 1430. The summed E-state index contributed by atoms with van der Waals surface area (Å²) in [5.74, 6) is 0.977. The minimum absolute atomic E-state index is 0.139. The van der Waals surface area contributed by atoms with Crippen molar-refractivity contribution in [3.63, 3.8) is 0 Å². The number of benzene rings is 2. The van der Waals surface area contributed by atoms with Gasteiger partial charge in [-0.2, -0.15) is 0 Å². The number of nitrogens with one attached hydrogen (secondary N) is 3. The largest absolute Gasteiger partial charge is 0.423 e. The lowest BCUT2D eigenvalue weighted by molar-refractivity contribution is 0.560. The molecule has 0 unspecified atom stereocenters. The number of rotatable bonds is 6. The van der Waals surface area contributed by atoms with E-state index in [2.05, 4.69) is 25.3 Å². The van der Waals surface area contributed by atoms with Crippen molar-refractivity contribution in [2.24, 2.45) is 0 Å². The number of hydrogen-bond donors (Lipinski definition) is 3. The minimum Gasteiger partial charge on any atom is -0.423 e. The van der Waals surface area contributed by atoms with Crippen molar-refractivity contribution < 1.29 is 12.8 Å². The van der Waals surface area contributed by atoms with Gasteiger partial charge in [-0.1, -0.05) is 6.07 Å². The topological polar surface area (TPSA) is 126 Å². The number of sulfonamides is 1. The molecule has 0 amide bonds. The van der Waals surface area contributed by atoms with Crippen LogP contribution >= 0.6 is 0 Å². The van der Waals surface area contributed by atoms with Gasteiger partial charge in [-0.25, -0.2) is 27.9 Å². The molecule has 0 aliphatic rings. The highest BCUT2D eigenvalue weighted by atomic mass is 32.2. The second-order valence-corrected chi connectivity index (χ2v) is 8.62. The third kappa shape index (κ3) is 4.55. The van der Waals surface area contributed by atoms with Crippen LogP contribution in [0.1, 0.15) is 5.56 Å². The molecule has 2 aromatic carbocycles. The first kappa shape index (κ1) is 20.5. The standard InChI is InChI=1S/C21H19N5O4S/c1-13-8-21(27)30-18-10-15(6-7-17(13)18)26-20-11-19(23-12-24-20)25-14-4-3-5-16(9-14)31(28,29)22-2/h3-12,22H,1-2H3,(H2,23,24,25,26). The second-order valence-electron chi connectivity index (χ2n) is 6.73. The number of fused-ring (bicyclic) bond motifs is 1. The van der Waals surface area contributed by atoms with E-state index in [4.69, 9.17) is 4.42 Å². The van der Waals surface area contributed by atoms with E-state index in [1.165, 1.54) is 31.6 Å². The van der Waals surface area contributed by atoms with E-state index in [0.29, 0.717) is 28.6 Å². The Morgan fingerprint density at radius 1 is 0.903 bits per heavy atom. The summed E-state index contributed by atoms with van der Waals surface area (Å²) in [5.41, 5.74) is 2.16. The maximum absolute atomic E-state index is 12.0. The van der Waals surface area contributed by atoms with Crippen molar-refractivity contribution in [1.82, 2.24) is 14.7 Å². The van der Waals surface area contributed by atoms with Crippen molar-refractivity contribution in [3.8, 4) is 0 Å². The molecular weight excluding hydrogens is 418 g/mol. The highest BCUT2D eigenvalue weighted by molar-refractivity contribution is 7.89. The van der Waals surface area contributed by atoms with Gasteiger partial charge < -0.3 is 15.1 Å². The first-order valence-corrected chi connectivity index (χ1v) is 10.8. The van der Waals surface area contributed by atoms with Crippen LogP contribution in [0.15, 0.2) is 75.0 Å². The summed E-state index contributed by atoms with van der Waals surface area (Å²) in [5, 5.41) is 7.07. The van der Waals surface area contributed by atoms with E-state index in [1.54, 1.807) is 24.3 Å². The molecule has 0 aliphatic carbocycles. The zero-order valence-corrected chi connectivity index (χ0v) is 17.5. The summed E-state index contributed by atoms with van der Waals surface area (Å²) in [6.07, 6.45) is 1.38. The predicted molar refractivity (Wildman–Crippen MR) is 119 cm³/mol. The number of nitrogens with zero attached hydrogens (tertiary/aromatic N) is 2. The third-order valence-corrected chi connectivity index (χ3v) is 5.99. The monoisotopic (exact) mass is 437 g/mol. The highest BCUT2D eigenvalue weighted by Crippen LogP contribution is 2.24. The molecule has 0 atom stereocenters. The predicted octanol–water partition coefficient (Wildman–Crippen LogP) is 3.29. The lowest BCUT2D eigenvalue weighted by Gasteiger charge is -2.10. The van der Waals surface area contributed by atoms with Crippen LogP contribution in [-0.2, 0) is 10.0 Å². The molecule has 0 fully saturated rings. The van der Waals surface area contributed by atoms with Crippen LogP contribution in [0.25, 0.3) is 11.0 Å². The Balaban J connectivity index is 1.57. The fourth-order valence-corrected chi connectivity index (χ4v) is 3.83. The Morgan fingerprint density at radius 2 is 1.61 bits per heavy atom. The molecule has 0 aliphatic heterocycles. The SMILES string of the molecule is CNS(=O)(=O)c1cccc(Nc2cc(Nc3ccc4c(C)cc(=O)oc4c3)ncn2)c1. The van der Waals surface area contributed by atoms with Crippen LogP contribution < -0.4 is 21.0 Å². The summed E-state index contributed by atoms with van der Waals surface area (Å²) >= 11 is 0. The van der Waals surface area contributed by atoms with Gasteiger partial charge in [0.25, 0.3) is 0 Å². The Morgan fingerprint density at radius 3 is 2.32 bits per heavy atom. The molecule has 2 aromatic heterocycles. The maximum atomic E-state index is 12.0. The zero-order valence-electron chi connectivity index (χ0n) is 16.7. The quantitative estimate of drug-likeness (QED) is 0.392. The van der Waals surface area contributed by atoms with Gasteiger partial charge >= 0.3 is 5.63 Å². The molecule has 0 saturated heterocycles. The smallest absolute Gasteiger partial charge is 0.336 e. The van der Waals surface area contributed by atoms with Gasteiger partial charge in [-0.05, 0) is 49.9 Å². The summed E-state index contributed by atoms with van der Waals surface area (Å²) < 4.78 is 31.6. The number of aryl methyl sites for hydroxylation is 1. The van der Waals surface area contributed by atoms with Crippen molar-refractivity contribution in [2.75, 3.05) is 17.7 Å². The van der Waals surface area contributed by atoms with Crippen LogP contribution in [0.3, 0.4) is 0 Å². The molecule has 158 valence electrons. The van der Waals surface area contributed by atoms with Crippen LogP contribution in [-0.4, -0.2) is 25.4 Å². The summed E-state index contributed by atoms with van der Waals surface area (Å²) in [4.78, 5) is 20.2. The molecule has 2 heterocycles. The van der Waals surface area contributed by atoms with Gasteiger partial charge in [0.1, 0.15) is 23.5 Å². The van der Waals surface area contributed by atoms with E-state index in [1.807, 2.05) is 19.1 Å². The van der Waals surface area contributed by atoms with Crippen LogP contribution in [0.4, 0.5) is 23.0 Å². The fraction of sp³-hybridized carbons (Fsp3) is 0.0952. The lowest BCUT2D eigenvalue weighted by atomic mass is 10.1. The molecule has 4 rings (SSSR count). The Kier molecular flexibility index (Phi) is 5.40. The molecule has 3 N–H and O–H groups in total.